The van der Waals surface area contributed by atoms with E-state index in [0.29, 0.717) is 11.5 Å². The van der Waals surface area contributed by atoms with Crippen molar-refractivity contribution in [2.75, 3.05) is 5.32 Å². The Balaban J connectivity index is 2.06. The van der Waals surface area contributed by atoms with Gasteiger partial charge in [0.1, 0.15) is 0 Å². The van der Waals surface area contributed by atoms with Gasteiger partial charge in [0, 0.05) is 11.7 Å². The molecule has 0 radical (unpaired) electrons. The van der Waals surface area contributed by atoms with Gasteiger partial charge in [0.25, 0.3) is 0 Å². The van der Waals surface area contributed by atoms with Crippen LogP contribution in [0.5, 0.6) is 0 Å². The van der Waals surface area contributed by atoms with Crippen molar-refractivity contribution in [1.82, 2.24) is 0 Å². The van der Waals surface area contributed by atoms with Crippen molar-refractivity contribution >= 4 is 23.3 Å². The quantitative estimate of drug-likeness (QED) is 0.787. The van der Waals surface area contributed by atoms with Gasteiger partial charge in [-0.25, -0.2) is 4.79 Å². The molecule has 1 aromatic rings. The lowest BCUT2D eigenvalue weighted by Crippen LogP contribution is -2.19. The standard InChI is InChI=1S/C16H22ClNO2/c1-16(2)8-3-4-11(7-9-16)18-12-5-6-14(17)13(10-12)15(19)20/h5-6,10-11,18H,3-4,7-9H2,1-2H3,(H,19,20). The first-order valence-corrected chi connectivity index (χ1v) is 7.54. The number of anilines is 1. The smallest absolute Gasteiger partial charge is 0.337 e. The summed E-state index contributed by atoms with van der Waals surface area (Å²) in [5, 5.41) is 12.8. The van der Waals surface area contributed by atoms with Crippen LogP contribution in [0, 0.1) is 5.41 Å². The monoisotopic (exact) mass is 295 g/mol. The van der Waals surface area contributed by atoms with Crippen LogP contribution in [-0.2, 0) is 0 Å². The molecular formula is C16H22ClNO2. The molecule has 4 heteroatoms. The van der Waals surface area contributed by atoms with Gasteiger partial charge in [0.2, 0.25) is 0 Å². The highest BCUT2D eigenvalue weighted by molar-refractivity contribution is 6.33. The molecule has 0 bridgehead atoms. The fourth-order valence-corrected chi connectivity index (χ4v) is 3.02. The van der Waals surface area contributed by atoms with Crippen LogP contribution in [0.3, 0.4) is 0 Å². The zero-order valence-electron chi connectivity index (χ0n) is 12.1. The zero-order valence-corrected chi connectivity index (χ0v) is 12.8. The summed E-state index contributed by atoms with van der Waals surface area (Å²) in [4.78, 5) is 11.1. The minimum Gasteiger partial charge on any atom is -0.478 e. The fourth-order valence-electron chi connectivity index (χ4n) is 2.82. The number of halogens is 1. The van der Waals surface area contributed by atoms with Crippen molar-refractivity contribution in [2.45, 2.75) is 52.0 Å². The van der Waals surface area contributed by atoms with Gasteiger partial charge >= 0.3 is 5.97 Å². The molecule has 0 saturated heterocycles. The molecule has 1 unspecified atom stereocenters. The average Bonchev–Trinajstić information content (AvgIpc) is 2.53. The van der Waals surface area contributed by atoms with E-state index in [0.717, 1.165) is 18.5 Å². The lowest BCUT2D eigenvalue weighted by atomic mass is 9.85. The summed E-state index contributed by atoms with van der Waals surface area (Å²) in [5.41, 5.74) is 1.42. The number of nitrogens with one attached hydrogen (secondary N) is 1. The number of hydrogen-bond donors (Lipinski definition) is 2. The highest BCUT2D eigenvalue weighted by Crippen LogP contribution is 2.34. The Morgan fingerprint density at radius 2 is 2.10 bits per heavy atom. The number of aromatic carboxylic acids is 1. The van der Waals surface area contributed by atoms with Gasteiger partial charge < -0.3 is 10.4 Å². The molecule has 0 spiro atoms. The van der Waals surface area contributed by atoms with Crippen molar-refractivity contribution in [2.24, 2.45) is 5.41 Å². The summed E-state index contributed by atoms with van der Waals surface area (Å²) in [6.07, 6.45) is 5.92. The summed E-state index contributed by atoms with van der Waals surface area (Å²) >= 11 is 5.89. The van der Waals surface area contributed by atoms with E-state index >= 15 is 0 Å². The Bertz CT molecular complexity index is 499. The number of benzene rings is 1. The highest BCUT2D eigenvalue weighted by atomic mass is 35.5. The molecule has 110 valence electrons. The second-order valence-electron chi connectivity index (χ2n) is 6.44. The topological polar surface area (TPSA) is 49.3 Å². The zero-order chi connectivity index (χ0) is 14.8. The maximum atomic E-state index is 11.1. The Morgan fingerprint density at radius 3 is 2.80 bits per heavy atom. The summed E-state index contributed by atoms with van der Waals surface area (Å²) in [7, 11) is 0. The van der Waals surface area contributed by atoms with E-state index in [1.165, 1.54) is 19.3 Å². The number of rotatable bonds is 3. The van der Waals surface area contributed by atoms with Crippen LogP contribution < -0.4 is 5.32 Å². The third-order valence-corrected chi connectivity index (χ3v) is 4.47. The first-order chi connectivity index (χ1) is 9.37. The van der Waals surface area contributed by atoms with Crippen LogP contribution in [-0.4, -0.2) is 17.1 Å². The molecule has 0 aliphatic heterocycles. The lowest BCUT2D eigenvalue weighted by Gasteiger charge is -2.22. The number of carbonyl (C=O) groups is 1. The summed E-state index contributed by atoms with van der Waals surface area (Å²) < 4.78 is 0. The van der Waals surface area contributed by atoms with E-state index in [1.54, 1.807) is 12.1 Å². The molecule has 1 atom stereocenters. The molecule has 3 nitrogen and oxygen atoms in total. The molecule has 2 rings (SSSR count). The van der Waals surface area contributed by atoms with E-state index in [1.807, 2.05) is 6.07 Å². The molecule has 20 heavy (non-hydrogen) atoms. The predicted octanol–water partition coefficient (Wildman–Crippen LogP) is 4.81. The van der Waals surface area contributed by atoms with Crippen molar-refractivity contribution in [3.05, 3.63) is 28.8 Å². The minimum absolute atomic E-state index is 0.158. The second-order valence-corrected chi connectivity index (χ2v) is 6.84. The third-order valence-electron chi connectivity index (χ3n) is 4.14. The van der Waals surface area contributed by atoms with Crippen LogP contribution in [0.25, 0.3) is 0 Å². The molecule has 1 aliphatic rings. The van der Waals surface area contributed by atoms with E-state index in [2.05, 4.69) is 19.2 Å². The minimum atomic E-state index is -0.986. The normalized spacial score (nSPS) is 22.1. The van der Waals surface area contributed by atoms with Gasteiger partial charge in [-0.2, -0.15) is 0 Å². The molecule has 0 heterocycles. The lowest BCUT2D eigenvalue weighted by molar-refractivity contribution is 0.0697. The van der Waals surface area contributed by atoms with Gasteiger partial charge in [0.15, 0.2) is 0 Å². The highest BCUT2D eigenvalue weighted by Gasteiger charge is 2.24. The fraction of sp³-hybridized carbons (Fsp3) is 0.562. The van der Waals surface area contributed by atoms with Crippen LogP contribution in [0.2, 0.25) is 5.02 Å². The number of carboxylic acids is 1. The Morgan fingerprint density at radius 1 is 1.35 bits per heavy atom. The summed E-state index contributed by atoms with van der Waals surface area (Å²) in [5.74, 6) is -0.986. The van der Waals surface area contributed by atoms with Gasteiger partial charge in [-0.15, -0.1) is 0 Å². The maximum absolute atomic E-state index is 11.1. The van der Waals surface area contributed by atoms with E-state index in [4.69, 9.17) is 16.7 Å². The van der Waals surface area contributed by atoms with Gasteiger partial charge in [-0.3, -0.25) is 0 Å². The van der Waals surface area contributed by atoms with Crippen LogP contribution in [0.1, 0.15) is 56.3 Å². The number of hydrogen-bond acceptors (Lipinski definition) is 2. The van der Waals surface area contributed by atoms with Crippen LogP contribution in [0.4, 0.5) is 5.69 Å². The molecule has 1 fully saturated rings. The number of carboxylic acid groups (broad SMARTS) is 1. The largest absolute Gasteiger partial charge is 0.478 e. The first-order valence-electron chi connectivity index (χ1n) is 7.17. The van der Waals surface area contributed by atoms with Crippen molar-refractivity contribution in [1.29, 1.82) is 0 Å². The molecule has 0 aromatic heterocycles. The van der Waals surface area contributed by atoms with Crippen LogP contribution >= 0.6 is 11.6 Å². The molecule has 2 N–H and O–H groups in total. The second kappa shape index (κ2) is 6.04. The Labute approximate surface area is 125 Å². The molecule has 0 amide bonds. The van der Waals surface area contributed by atoms with Crippen molar-refractivity contribution < 1.29 is 9.90 Å². The van der Waals surface area contributed by atoms with Crippen molar-refractivity contribution in [3.63, 3.8) is 0 Å². The third kappa shape index (κ3) is 3.89. The molecule has 1 aromatic carbocycles. The van der Waals surface area contributed by atoms with Crippen molar-refractivity contribution in [3.8, 4) is 0 Å². The van der Waals surface area contributed by atoms with Gasteiger partial charge in [-0.05, 0) is 49.3 Å². The molecule has 1 aliphatic carbocycles. The Hall–Kier alpha value is -1.22. The first kappa shape index (κ1) is 15.2. The summed E-state index contributed by atoms with van der Waals surface area (Å²) in [6.45, 7) is 4.64. The average molecular weight is 296 g/mol. The van der Waals surface area contributed by atoms with E-state index < -0.39 is 5.97 Å². The van der Waals surface area contributed by atoms with E-state index in [-0.39, 0.29) is 10.6 Å². The SMILES string of the molecule is CC1(C)CCCC(Nc2ccc(Cl)c(C(=O)O)c2)CC1. The van der Waals surface area contributed by atoms with Crippen LogP contribution in [0.15, 0.2) is 18.2 Å². The predicted molar refractivity (Wildman–Crippen MR) is 82.7 cm³/mol. The molecule has 1 saturated carbocycles. The van der Waals surface area contributed by atoms with Gasteiger partial charge in [0.05, 0.1) is 10.6 Å². The Kier molecular flexibility index (Phi) is 4.59. The molecular weight excluding hydrogens is 274 g/mol. The summed E-state index contributed by atoms with van der Waals surface area (Å²) in [6, 6.07) is 5.54. The maximum Gasteiger partial charge on any atom is 0.337 e. The van der Waals surface area contributed by atoms with Gasteiger partial charge in [-0.1, -0.05) is 31.9 Å². The van der Waals surface area contributed by atoms with E-state index in [9.17, 15) is 4.79 Å².